The molecule has 1 heterocycles. The van der Waals surface area contributed by atoms with Crippen molar-refractivity contribution in [3.63, 3.8) is 0 Å². The van der Waals surface area contributed by atoms with Crippen LogP contribution in [0.2, 0.25) is 0 Å². The molecule has 3 rings (SSSR count). The number of piperidine rings is 1. The van der Waals surface area contributed by atoms with Gasteiger partial charge in [-0.05, 0) is 75.9 Å². The zero-order valence-corrected chi connectivity index (χ0v) is 17.3. The van der Waals surface area contributed by atoms with Crippen molar-refractivity contribution in [1.29, 1.82) is 0 Å². The highest BCUT2D eigenvalue weighted by Crippen LogP contribution is 2.30. The van der Waals surface area contributed by atoms with E-state index in [2.05, 4.69) is 50.5 Å². The molecule has 1 saturated heterocycles. The first-order valence-corrected chi connectivity index (χ1v) is 9.76. The molecule has 2 N–H and O–H groups in total. The van der Waals surface area contributed by atoms with Crippen molar-refractivity contribution in [2.24, 2.45) is 0 Å². The highest BCUT2D eigenvalue weighted by Gasteiger charge is 2.38. The molecule has 0 spiro atoms. The molecular weight excluding hydrogens is 336 g/mol. The second-order valence-corrected chi connectivity index (χ2v) is 9.20. The molecule has 0 radical (unpaired) electrons. The van der Waals surface area contributed by atoms with Crippen molar-refractivity contribution in [3.05, 3.63) is 42.0 Å². The van der Waals surface area contributed by atoms with Gasteiger partial charge in [0, 0.05) is 17.1 Å². The van der Waals surface area contributed by atoms with Crippen molar-refractivity contribution < 1.29 is 9.53 Å². The third-order valence-electron chi connectivity index (χ3n) is 5.50. The van der Waals surface area contributed by atoms with Crippen molar-refractivity contribution in [2.75, 3.05) is 7.11 Å². The van der Waals surface area contributed by atoms with Crippen LogP contribution in [0.4, 0.5) is 0 Å². The number of fused-ring (bicyclic) bond motifs is 1. The monoisotopic (exact) mass is 368 g/mol. The molecule has 1 fully saturated rings. The first kappa shape index (κ1) is 19.7. The molecule has 4 nitrogen and oxygen atoms in total. The normalized spacial score (nSPS) is 20.2. The Kier molecular flexibility index (Phi) is 5.22. The average molecular weight is 369 g/mol. The predicted molar refractivity (Wildman–Crippen MR) is 111 cm³/mol. The van der Waals surface area contributed by atoms with E-state index in [1.54, 1.807) is 7.11 Å². The smallest absolute Gasteiger partial charge is 0.227 e. The van der Waals surface area contributed by atoms with Crippen LogP contribution < -0.4 is 15.4 Å². The Balaban J connectivity index is 1.74. The fraction of sp³-hybridized carbons (Fsp3) is 0.522. The van der Waals surface area contributed by atoms with Gasteiger partial charge in [0.2, 0.25) is 5.91 Å². The van der Waals surface area contributed by atoms with E-state index in [0.717, 1.165) is 34.9 Å². The average Bonchev–Trinajstić information content (AvgIpc) is 2.57. The van der Waals surface area contributed by atoms with E-state index in [-0.39, 0.29) is 28.9 Å². The van der Waals surface area contributed by atoms with Crippen molar-refractivity contribution >= 4 is 16.7 Å². The summed E-state index contributed by atoms with van der Waals surface area (Å²) in [5, 5.41) is 9.20. The molecule has 146 valence electrons. The number of methoxy groups -OCH3 is 1. The molecule has 0 aromatic heterocycles. The molecule has 0 bridgehead atoms. The molecule has 27 heavy (non-hydrogen) atoms. The summed E-state index contributed by atoms with van der Waals surface area (Å²) in [4.78, 5) is 12.9. The number of hydrogen-bond donors (Lipinski definition) is 2. The Morgan fingerprint density at radius 3 is 2.30 bits per heavy atom. The summed E-state index contributed by atoms with van der Waals surface area (Å²) in [6.45, 7) is 10.8. The lowest BCUT2D eigenvalue weighted by atomic mass is 9.79. The lowest BCUT2D eigenvalue weighted by molar-refractivity contribution is -0.123. The highest BCUT2D eigenvalue weighted by atomic mass is 16.5. The maximum absolute atomic E-state index is 12.9. The van der Waals surface area contributed by atoms with E-state index in [9.17, 15) is 4.79 Å². The second kappa shape index (κ2) is 7.16. The van der Waals surface area contributed by atoms with E-state index in [0.29, 0.717) is 0 Å². The number of carbonyl (C=O) groups is 1. The number of amides is 1. The number of hydrogen-bond acceptors (Lipinski definition) is 3. The van der Waals surface area contributed by atoms with Crippen LogP contribution >= 0.6 is 0 Å². The molecule has 1 aliphatic heterocycles. The molecule has 1 aliphatic rings. The Morgan fingerprint density at radius 2 is 1.67 bits per heavy atom. The van der Waals surface area contributed by atoms with E-state index in [1.165, 1.54) is 0 Å². The van der Waals surface area contributed by atoms with Gasteiger partial charge >= 0.3 is 0 Å². The number of ether oxygens (including phenoxy) is 1. The summed E-state index contributed by atoms with van der Waals surface area (Å²) in [7, 11) is 1.67. The largest absolute Gasteiger partial charge is 0.497 e. The minimum absolute atomic E-state index is 0.0188. The van der Waals surface area contributed by atoms with Gasteiger partial charge in [-0.1, -0.05) is 24.3 Å². The zero-order valence-electron chi connectivity index (χ0n) is 17.3. The molecule has 1 amide bonds. The van der Waals surface area contributed by atoms with Gasteiger partial charge in [0.05, 0.1) is 13.0 Å². The highest BCUT2D eigenvalue weighted by molar-refractivity contribution is 5.88. The second-order valence-electron chi connectivity index (χ2n) is 9.20. The van der Waals surface area contributed by atoms with Gasteiger partial charge in [0.25, 0.3) is 0 Å². The molecule has 1 atom stereocenters. The summed E-state index contributed by atoms with van der Waals surface area (Å²) >= 11 is 0. The lowest BCUT2D eigenvalue weighted by Crippen LogP contribution is -2.62. The molecule has 2 aromatic carbocycles. The van der Waals surface area contributed by atoms with Crippen molar-refractivity contribution in [2.45, 2.75) is 70.5 Å². The van der Waals surface area contributed by atoms with E-state index >= 15 is 0 Å². The van der Waals surface area contributed by atoms with Crippen LogP contribution in [-0.2, 0) is 4.79 Å². The van der Waals surface area contributed by atoms with Crippen molar-refractivity contribution in [3.8, 4) is 5.75 Å². The summed E-state index contributed by atoms with van der Waals surface area (Å²) in [6.07, 6.45) is 1.87. The Morgan fingerprint density at radius 1 is 1.07 bits per heavy atom. The van der Waals surface area contributed by atoms with E-state index < -0.39 is 0 Å². The van der Waals surface area contributed by atoms with Crippen LogP contribution in [0.5, 0.6) is 5.75 Å². The number of nitrogens with one attached hydrogen (secondary N) is 2. The molecule has 0 aliphatic carbocycles. The first-order valence-electron chi connectivity index (χ1n) is 9.76. The van der Waals surface area contributed by atoms with Gasteiger partial charge in [-0.2, -0.15) is 0 Å². The number of rotatable bonds is 4. The predicted octanol–water partition coefficient (Wildman–Crippen LogP) is 4.38. The Labute approximate surface area is 162 Å². The summed E-state index contributed by atoms with van der Waals surface area (Å²) in [5.41, 5.74) is 1.08. The minimum Gasteiger partial charge on any atom is -0.497 e. The Hall–Kier alpha value is -2.07. The van der Waals surface area contributed by atoms with Gasteiger partial charge in [-0.25, -0.2) is 0 Å². The standard InChI is InChI=1S/C23H32N2O2/c1-15(16-7-8-18-12-20(27-6)10-9-17(18)11-16)21(26)24-19-13-22(2,3)25-23(4,5)14-19/h7-12,15,19,25H,13-14H2,1-6H3,(H,24,26)/t15-/m1/s1. The summed E-state index contributed by atoms with van der Waals surface area (Å²) in [6, 6.07) is 12.4. The van der Waals surface area contributed by atoms with Gasteiger partial charge in [-0.15, -0.1) is 0 Å². The van der Waals surface area contributed by atoms with Crippen LogP contribution in [0.3, 0.4) is 0 Å². The third-order valence-corrected chi connectivity index (χ3v) is 5.50. The fourth-order valence-electron chi connectivity index (χ4n) is 4.54. The topological polar surface area (TPSA) is 50.4 Å². The fourth-order valence-corrected chi connectivity index (χ4v) is 4.54. The maximum atomic E-state index is 12.9. The first-order chi connectivity index (χ1) is 12.6. The number of benzene rings is 2. The van der Waals surface area contributed by atoms with Crippen molar-refractivity contribution in [1.82, 2.24) is 10.6 Å². The van der Waals surface area contributed by atoms with Gasteiger partial charge in [0.15, 0.2) is 0 Å². The molecule has 0 saturated carbocycles. The van der Waals surface area contributed by atoms with Crippen LogP contribution in [-0.4, -0.2) is 30.1 Å². The Bertz CT molecular complexity index is 825. The molecule has 0 unspecified atom stereocenters. The van der Waals surface area contributed by atoms with Crippen LogP contribution in [0.1, 0.15) is 58.9 Å². The van der Waals surface area contributed by atoms with E-state index in [1.807, 2.05) is 31.2 Å². The summed E-state index contributed by atoms with van der Waals surface area (Å²) < 4.78 is 5.29. The molecule has 2 aromatic rings. The maximum Gasteiger partial charge on any atom is 0.227 e. The SMILES string of the molecule is COc1ccc2cc([C@@H](C)C(=O)NC3CC(C)(C)NC(C)(C)C3)ccc2c1. The van der Waals surface area contributed by atoms with E-state index in [4.69, 9.17) is 4.74 Å². The molecule has 4 heteroatoms. The van der Waals surface area contributed by atoms with Gasteiger partial charge in [-0.3, -0.25) is 4.79 Å². The van der Waals surface area contributed by atoms with Crippen LogP contribution in [0.15, 0.2) is 36.4 Å². The summed E-state index contributed by atoms with van der Waals surface area (Å²) in [5.74, 6) is 0.760. The van der Waals surface area contributed by atoms with Crippen LogP contribution in [0, 0.1) is 0 Å². The van der Waals surface area contributed by atoms with Crippen LogP contribution in [0.25, 0.3) is 10.8 Å². The lowest BCUT2D eigenvalue weighted by Gasteiger charge is -2.46. The number of carbonyl (C=O) groups excluding carboxylic acids is 1. The zero-order chi connectivity index (χ0) is 19.8. The minimum atomic E-state index is -0.183. The molecular formula is C23H32N2O2. The van der Waals surface area contributed by atoms with Gasteiger partial charge < -0.3 is 15.4 Å². The third kappa shape index (κ3) is 4.62. The quantitative estimate of drug-likeness (QED) is 0.842. The van der Waals surface area contributed by atoms with Gasteiger partial charge in [0.1, 0.15) is 5.75 Å².